The van der Waals surface area contributed by atoms with Gasteiger partial charge in [-0.05, 0) is 79.3 Å². The molecule has 1 heterocycles. The fraction of sp³-hybridized carbons (Fsp3) is 0.312. The Hall–Kier alpha value is -4.66. The van der Waals surface area contributed by atoms with E-state index in [-0.39, 0.29) is 30.8 Å². The summed E-state index contributed by atoms with van der Waals surface area (Å²) in [5.74, 6) is 0.298. The van der Waals surface area contributed by atoms with Gasteiger partial charge in [-0.1, -0.05) is 41.6 Å². The van der Waals surface area contributed by atoms with E-state index in [4.69, 9.17) is 4.74 Å². The van der Waals surface area contributed by atoms with Crippen molar-refractivity contribution >= 4 is 34.2 Å². The third-order valence-corrected chi connectivity index (χ3v) is 7.55. The smallest absolute Gasteiger partial charge is 0.247 e. The topological polar surface area (TPSA) is 92.6 Å². The van der Waals surface area contributed by atoms with Gasteiger partial charge in [-0.2, -0.15) is 0 Å². The van der Waals surface area contributed by atoms with E-state index in [1.165, 1.54) is 0 Å². The van der Waals surface area contributed by atoms with Gasteiger partial charge in [0, 0.05) is 32.0 Å². The van der Waals surface area contributed by atoms with E-state index in [0.29, 0.717) is 5.69 Å². The highest BCUT2D eigenvalue weighted by molar-refractivity contribution is 5.97. The van der Waals surface area contributed by atoms with E-state index in [9.17, 15) is 9.59 Å². The number of nitrogens with one attached hydrogen (secondary N) is 1. The monoisotopic (exact) mass is 552 g/mol. The lowest BCUT2D eigenvalue weighted by Gasteiger charge is -2.37. The second kappa shape index (κ2) is 12.7. The zero-order valence-corrected chi connectivity index (χ0v) is 23.7. The first kappa shape index (κ1) is 27.9. The summed E-state index contributed by atoms with van der Waals surface area (Å²) < 4.78 is 6.93. The SMILES string of the molecule is COc1ccc(CN(C(=O)Cn2nnc3ccccc32)[C@@H](C(=O)Nc2ccc(N(C)C)cc2)[C@H]2CC=CCC2)cc1. The number of nitrogens with zero attached hydrogens (tertiary/aromatic N) is 5. The van der Waals surface area contributed by atoms with E-state index in [2.05, 4.69) is 27.8 Å². The van der Waals surface area contributed by atoms with Crippen molar-refractivity contribution in [1.29, 1.82) is 0 Å². The summed E-state index contributed by atoms with van der Waals surface area (Å²) in [4.78, 5) is 32.0. The summed E-state index contributed by atoms with van der Waals surface area (Å²) in [5.41, 5.74) is 4.12. The van der Waals surface area contributed by atoms with Crippen LogP contribution in [0, 0.1) is 5.92 Å². The first-order valence-electron chi connectivity index (χ1n) is 13.9. The van der Waals surface area contributed by atoms with Gasteiger partial charge in [0.2, 0.25) is 11.8 Å². The molecule has 1 aliphatic rings. The Kier molecular flexibility index (Phi) is 8.62. The first-order chi connectivity index (χ1) is 19.9. The van der Waals surface area contributed by atoms with E-state index in [1.807, 2.05) is 91.8 Å². The number of amides is 2. The van der Waals surface area contributed by atoms with Gasteiger partial charge in [0.1, 0.15) is 23.9 Å². The van der Waals surface area contributed by atoms with E-state index >= 15 is 0 Å². The predicted molar refractivity (Wildman–Crippen MR) is 161 cm³/mol. The van der Waals surface area contributed by atoms with Crippen molar-refractivity contribution in [2.24, 2.45) is 5.92 Å². The molecule has 1 N–H and O–H groups in total. The van der Waals surface area contributed by atoms with Crippen molar-refractivity contribution in [2.45, 2.75) is 38.4 Å². The number of hydrogen-bond acceptors (Lipinski definition) is 6. The van der Waals surface area contributed by atoms with Gasteiger partial charge in [0.05, 0.1) is 12.6 Å². The van der Waals surface area contributed by atoms with E-state index < -0.39 is 6.04 Å². The minimum Gasteiger partial charge on any atom is -0.497 e. The maximum absolute atomic E-state index is 14.2. The van der Waals surface area contributed by atoms with Crippen LogP contribution in [-0.2, 0) is 22.7 Å². The number of aromatic nitrogens is 3. The summed E-state index contributed by atoms with van der Waals surface area (Å²) in [6.07, 6.45) is 6.65. The van der Waals surface area contributed by atoms with Gasteiger partial charge >= 0.3 is 0 Å². The molecule has 0 aliphatic heterocycles. The van der Waals surface area contributed by atoms with Crippen LogP contribution in [0.3, 0.4) is 0 Å². The average Bonchev–Trinajstić information content (AvgIpc) is 3.40. The van der Waals surface area contributed by atoms with Crippen molar-refractivity contribution in [2.75, 3.05) is 31.4 Å². The largest absolute Gasteiger partial charge is 0.497 e. The number of para-hydroxylation sites is 1. The highest BCUT2D eigenvalue weighted by atomic mass is 16.5. The molecule has 0 bridgehead atoms. The van der Waals surface area contributed by atoms with Crippen molar-refractivity contribution < 1.29 is 14.3 Å². The first-order valence-corrected chi connectivity index (χ1v) is 13.9. The third-order valence-electron chi connectivity index (χ3n) is 7.55. The molecule has 9 nitrogen and oxygen atoms in total. The zero-order chi connectivity index (χ0) is 28.8. The molecular formula is C32H36N6O3. The number of methoxy groups -OCH3 is 1. The molecule has 3 aromatic carbocycles. The Morgan fingerprint density at radius 3 is 2.46 bits per heavy atom. The van der Waals surface area contributed by atoms with Gasteiger partial charge in [0.15, 0.2) is 0 Å². The van der Waals surface area contributed by atoms with Crippen molar-refractivity contribution in [3.63, 3.8) is 0 Å². The van der Waals surface area contributed by atoms with E-state index in [0.717, 1.165) is 47.3 Å². The van der Waals surface area contributed by atoms with Crippen LogP contribution in [0.5, 0.6) is 5.75 Å². The van der Waals surface area contributed by atoms with Crippen LogP contribution in [0.2, 0.25) is 0 Å². The van der Waals surface area contributed by atoms with Crippen LogP contribution < -0.4 is 15.0 Å². The summed E-state index contributed by atoms with van der Waals surface area (Å²) in [6, 6.07) is 22.2. The molecule has 4 aromatic rings. The molecule has 0 unspecified atom stereocenters. The number of anilines is 2. The van der Waals surface area contributed by atoms with Crippen molar-refractivity contribution in [1.82, 2.24) is 19.9 Å². The molecule has 0 fully saturated rings. The molecule has 2 amide bonds. The number of fused-ring (bicyclic) bond motifs is 1. The Labute approximate surface area is 240 Å². The lowest BCUT2D eigenvalue weighted by Crippen LogP contribution is -2.52. The second-order valence-corrected chi connectivity index (χ2v) is 10.5. The number of rotatable bonds is 10. The molecule has 5 rings (SSSR count). The molecule has 9 heteroatoms. The highest BCUT2D eigenvalue weighted by Crippen LogP contribution is 2.29. The predicted octanol–water partition coefficient (Wildman–Crippen LogP) is 4.90. The normalized spacial score (nSPS) is 15.3. The molecule has 0 radical (unpaired) electrons. The number of hydrogen-bond donors (Lipinski definition) is 1. The van der Waals surface area contributed by atoms with Crippen molar-refractivity contribution in [3.05, 3.63) is 90.5 Å². The van der Waals surface area contributed by atoms with Crippen LogP contribution in [0.4, 0.5) is 11.4 Å². The Bertz CT molecular complexity index is 1510. The maximum Gasteiger partial charge on any atom is 0.247 e. The molecule has 1 aromatic heterocycles. The number of allylic oxidation sites excluding steroid dienone is 2. The maximum atomic E-state index is 14.2. The minimum atomic E-state index is -0.683. The number of benzene rings is 3. The Balaban J connectivity index is 1.48. The van der Waals surface area contributed by atoms with Crippen LogP contribution in [0.15, 0.2) is 84.9 Å². The average molecular weight is 553 g/mol. The fourth-order valence-corrected chi connectivity index (χ4v) is 5.30. The molecule has 1 aliphatic carbocycles. The van der Waals surface area contributed by atoms with Crippen LogP contribution in [0.25, 0.3) is 11.0 Å². The summed E-state index contributed by atoms with van der Waals surface area (Å²) in [6.45, 7) is 0.244. The van der Waals surface area contributed by atoms with Gasteiger partial charge in [0.25, 0.3) is 0 Å². The summed E-state index contributed by atoms with van der Waals surface area (Å²) in [7, 11) is 5.57. The van der Waals surface area contributed by atoms with Gasteiger partial charge in [-0.3, -0.25) is 9.59 Å². The van der Waals surface area contributed by atoms with Gasteiger partial charge in [-0.15, -0.1) is 5.10 Å². The van der Waals surface area contributed by atoms with Crippen LogP contribution in [-0.4, -0.2) is 59.0 Å². The third kappa shape index (κ3) is 6.57. The summed E-state index contributed by atoms with van der Waals surface area (Å²) in [5, 5.41) is 11.6. The molecule has 0 spiro atoms. The number of carbonyl (C=O) groups is 2. The van der Waals surface area contributed by atoms with Crippen LogP contribution in [0.1, 0.15) is 24.8 Å². The number of carbonyl (C=O) groups excluding carboxylic acids is 2. The van der Waals surface area contributed by atoms with E-state index in [1.54, 1.807) is 16.7 Å². The lowest BCUT2D eigenvalue weighted by atomic mass is 9.85. The Morgan fingerprint density at radius 2 is 1.78 bits per heavy atom. The molecule has 41 heavy (non-hydrogen) atoms. The lowest BCUT2D eigenvalue weighted by molar-refractivity contribution is -0.142. The quantitative estimate of drug-likeness (QED) is 0.282. The zero-order valence-electron chi connectivity index (χ0n) is 23.7. The second-order valence-electron chi connectivity index (χ2n) is 10.5. The standard InChI is InChI=1S/C32H36N6O3/c1-36(2)26-17-15-25(16-18-26)33-32(40)31(24-9-5-4-6-10-24)37(21-23-13-19-27(41-3)20-14-23)30(39)22-38-29-12-8-7-11-28(29)34-35-38/h4-5,7-8,11-20,24,31H,6,9-10,21-22H2,1-3H3,(H,33,40)/t24-,31+/m0/s1. The Morgan fingerprint density at radius 1 is 1.02 bits per heavy atom. The van der Waals surface area contributed by atoms with Crippen molar-refractivity contribution in [3.8, 4) is 5.75 Å². The molecule has 0 saturated heterocycles. The molecule has 212 valence electrons. The molecular weight excluding hydrogens is 516 g/mol. The van der Waals surface area contributed by atoms with Gasteiger partial charge in [-0.25, -0.2) is 4.68 Å². The van der Waals surface area contributed by atoms with Gasteiger partial charge < -0.3 is 19.9 Å². The summed E-state index contributed by atoms with van der Waals surface area (Å²) >= 11 is 0. The molecule has 2 atom stereocenters. The minimum absolute atomic E-state index is 0.0272. The fourth-order valence-electron chi connectivity index (χ4n) is 5.30. The molecule has 0 saturated carbocycles. The van der Waals surface area contributed by atoms with Crippen LogP contribution >= 0.6 is 0 Å². The number of ether oxygens (including phenoxy) is 1. The highest BCUT2D eigenvalue weighted by Gasteiger charge is 2.37.